The molecule has 3 rings (SSSR count). The number of carbonyl (C=O) groups is 1. The first kappa shape index (κ1) is 13.4. The lowest BCUT2D eigenvalue weighted by molar-refractivity contribution is -0.125. The third kappa shape index (κ3) is 2.52. The number of hydrogen-bond donors (Lipinski definition) is 1. The van der Waals surface area contributed by atoms with E-state index in [1.807, 2.05) is 24.3 Å². The molecule has 0 bridgehead atoms. The molecule has 0 saturated heterocycles. The number of rotatable bonds is 3. The van der Waals surface area contributed by atoms with E-state index in [-0.39, 0.29) is 5.91 Å². The number of hydrogen-bond acceptors (Lipinski definition) is 5. The van der Waals surface area contributed by atoms with Crippen LogP contribution in [0.2, 0.25) is 0 Å². The number of ether oxygens (including phenoxy) is 1. The molecule has 1 aliphatic rings. The Morgan fingerprint density at radius 2 is 2.10 bits per heavy atom. The first-order valence-corrected chi connectivity index (χ1v) is 6.75. The highest BCUT2D eigenvalue weighted by Gasteiger charge is 2.31. The maximum atomic E-state index is 12.4. The van der Waals surface area contributed by atoms with Crippen molar-refractivity contribution in [2.45, 2.75) is 19.6 Å². The zero-order valence-electron chi connectivity index (χ0n) is 11.9. The number of amides is 1. The third-order valence-electron chi connectivity index (χ3n) is 3.36. The second-order valence-electron chi connectivity index (χ2n) is 4.80. The second kappa shape index (κ2) is 5.40. The van der Waals surface area contributed by atoms with Crippen molar-refractivity contribution in [1.29, 1.82) is 0 Å². The van der Waals surface area contributed by atoms with Crippen LogP contribution in [-0.4, -0.2) is 29.0 Å². The molecule has 0 aliphatic carbocycles. The minimum Gasteiger partial charge on any atom is -0.479 e. The molecule has 0 fully saturated rings. The molecule has 2 aromatic rings. The van der Waals surface area contributed by atoms with Crippen LogP contribution in [0.15, 0.2) is 36.7 Å². The highest BCUT2D eigenvalue weighted by atomic mass is 16.5. The summed E-state index contributed by atoms with van der Waals surface area (Å²) in [5.74, 6) is 1.33. The molecule has 108 valence electrons. The molecule has 1 N–H and O–H groups in total. The van der Waals surface area contributed by atoms with Crippen LogP contribution >= 0.6 is 0 Å². The van der Waals surface area contributed by atoms with E-state index in [1.54, 1.807) is 31.3 Å². The number of benzene rings is 1. The summed E-state index contributed by atoms with van der Waals surface area (Å²) in [6, 6.07) is 7.50. The summed E-state index contributed by atoms with van der Waals surface area (Å²) in [7, 11) is 1.78. The van der Waals surface area contributed by atoms with Gasteiger partial charge in [0.2, 0.25) is 0 Å². The Hall–Kier alpha value is -2.63. The summed E-state index contributed by atoms with van der Waals surface area (Å²) in [4.78, 5) is 22.6. The first-order valence-electron chi connectivity index (χ1n) is 6.75. The van der Waals surface area contributed by atoms with Gasteiger partial charge in [-0.3, -0.25) is 14.7 Å². The zero-order valence-corrected chi connectivity index (χ0v) is 11.9. The Bertz CT molecular complexity index is 657. The van der Waals surface area contributed by atoms with Crippen LogP contribution in [0, 0.1) is 0 Å². The summed E-state index contributed by atoms with van der Waals surface area (Å²) >= 11 is 0. The Balaban J connectivity index is 1.90. The molecule has 6 nitrogen and oxygen atoms in total. The van der Waals surface area contributed by atoms with Crippen molar-refractivity contribution in [3.63, 3.8) is 0 Å². The maximum Gasteiger partial charge on any atom is 0.268 e. The SMILES string of the molecule is CNc1cnc(CN2C(=O)C(C)Oc3ccccc32)cn1. The van der Waals surface area contributed by atoms with Crippen molar-refractivity contribution < 1.29 is 9.53 Å². The van der Waals surface area contributed by atoms with Gasteiger partial charge in [0, 0.05) is 7.05 Å². The van der Waals surface area contributed by atoms with Gasteiger partial charge in [0.15, 0.2) is 6.10 Å². The Morgan fingerprint density at radius 3 is 2.81 bits per heavy atom. The minimum atomic E-state index is -0.496. The van der Waals surface area contributed by atoms with Crippen molar-refractivity contribution >= 4 is 17.4 Å². The lowest BCUT2D eigenvalue weighted by Gasteiger charge is -2.32. The van der Waals surface area contributed by atoms with Gasteiger partial charge in [-0.1, -0.05) is 12.1 Å². The lowest BCUT2D eigenvalue weighted by atomic mass is 10.2. The van der Waals surface area contributed by atoms with Gasteiger partial charge in [0.1, 0.15) is 11.6 Å². The van der Waals surface area contributed by atoms with E-state index in [4.69, 9.17) is 4.74 Å². The maximum absolute atomic E-state index is 12.4. The average Bonchev–Trinajstić information content (AvgIpc) is 2.52. The highest BCUT2D eigenvalue weighted by Crippen LogP contribution is 2.34. The van der Waals surface area contributed by atoms with Gasteiger partial charge in [0.25, 0.3) is 5.91 Å². The first-order chi connectivity index (χ1) is 10.2. The van der Waals surface area contributed by atoms with Crippen LogP contribution in [0.1, 0.15) is 12.6 Å². The predicted molar refractivity (Wildman–Crippen MR) is 79.3 cm³/mol. The number of fused-ring (bicyclic) bond motifs is 1. The van der Waals surface area contributed by atoms with E-state index in [2.05, 4.69) is 15.3 Å². The Morgan fingerprint density at radius 1 is 1.29 bits per heavy atom. The smallest absolute Gasteiger partial charge is 0.268 e. The van der Waals surface area contributed by atoms with Gasteiger partial charge in [-0.25, -0.2) is 4.98 Å². The largest absolute Gasteiger partial charge is 0.479 e. The molecule has 0 saturated carbocycles. The molecular weight excluding hydrogens is 268 g/mol. The van der Waals surface area contributed by atoms with Crippen molar-refractivity contribution in [2.75, 3.05) is 17.3 Å². The molecule has 0 spiro atoms. The Labute approximate surface area is 122 Å². The minimum absolute atomic E-state index is 0.0757. The van der Waals surface area contributed by atoms with Crippen LogP contribution in [0.25, 0.3) is 0 Å². The predicted octanol–water partition coefficient (Wildman–Crippen LogP) is 1.83. The number of para-hydroxylation sites is 2. The fourth-order valence-corrected chi connectivity index (χ4v) is 2.25. The highest BCUT2D eigenvalue weighted by molar-refractivity contribution is 5.99. The van der Waals surface area contributed by atoms with Gasteiger partial charge >= 0.3 is 0 Å². The topological polar surface area (TPSA) is 67.4 Å². The fraction of sp³-hybridized carbons (Fsp3) is 0.267. The van der Waals surface area contributed by atoms with Crippen molar-refractivity contribution in [3.8, 4) is 5.75 Å². The number of anilines is 2. The third-order valence-corrected chi connectivity index (χ3v) is 3.36. The molecule has 1 aromatic carbocycles. The number of nitrogens with zero attached hydrogens (tertiary/aromatic N) is 3. The van der Waals surface area contributed by atoms with Crippen LogP contribution < -0.4 is 15.0 Å². The van der Waals surface area contributed by atoms with Gasteiger partial charge in [-0.15, -0.1) is 0 Å². The van der Waals surface area contributed by atoms with Crippen LogP contribution in [-0.2, 0) is 11.3 Å². The quantitative estimate of drug-likeness (QED) is 0.931. The van der Waals surface area contributed by atoms with E-state index in [9.17, 15) is 4.79 Å². The molecule has 1 unspecified atom stereocenters. The number of carbonyl (C=O) groups excluding carboxylic acids is 1. The summed E-state index contributed by atoms with van der Waals surface area (Å²) in [6.45, 7) is 2.13. The number of aromatic nitrogens is 2. The zero-order chi connectivity index (χ0) is 14.8. The summed E-state index contributed by atoms with van der Waals surface area (Å²) in [5.41, 5.74) is 1.49. The average molecular weight is 284 g/mol. The van der Waals surface area contributed by atoms with Gasteiger partial charge in [-0.2, -0.15) is 0 Å². The van der Waals surface area contributed by atoms with Gasteiger partial charge in [-0.05, 0) is 19.1 Å². The molecule has 1 atom stereocenters. The fourth-order valence-electron chi connectivity index (χ4n) is 2.25. The molecule has 2 heterocycles. The van der Waals surface area contributed by atoms with Gasteiger partial charge < -0.3 is 10.1 Å². The molecular formula is C15H16N4O2. The standard InChI is InChI=1S/C15H16N4O2/c1-10-15(20)19(12-5-3-4-6-13(12)21-10)9-11-7-18-14(16-2)8-17-11/h3-8,10H,9H2,1-2H3,(H,16,18). The Kier molecular flexibility index (Phi) is 3.43. The normalized spacial score (nSPS) is 17.1. The molecule has 1 aromatic heterocycles. The van der Waals surface area contributed by atoms with Crippen molar-refractivity contribution in [2.24, 2.45) is 0 Å². The molecule has 1 amide bonds. The van der Waals surface area contributed by atoms with Crippen LogP contribution in [0.3, 0.4) is 0 Å². The molecule has 1 aliphatic heterocycles. The summed E-state index contributed by atoms with van der Waals surface area (Å²) in [6.07, 6.45) is 2.82. The lowest BCUT2D eigenvalue weighted by Crippen LogP contribution is -2.44. The summed E-state index contributed by atoms with van der Waals surface area (Å²) in [5, 5.41) is 2.92. The van der Waals surface area contributed by atoms with Crippen molar-refractivity contribution in [1.82, 2.24) is 9.97 Å². The van der Waals surface area contributed by atoms with Crippen molar-refractivity contribution in [3.05, 3.63) is 42.4 Å². The molecule has 21 heavy (non-hydrogen) atoms. The van der Waals surface area contributed by atoms with E-state index in [1.165, 1.54) is 0 Å². The molecule has 0 radical (unpaired) electrons. The second-order valence-corrected chi connectivity index (χ2v) is 4.80. The van der Waals surface area contributed by atoms with E-state index in [0.717, 1.165) is 11.4 Å². The molecule has 6 heteroatoms. The van der Waals surface area contributed by atoms with Gasteiger partial charge in [0.05, 0.1) is 30.3 Å². The van der Waals surface area contributed by atoms with Crippen LogP contribution in [0.5, 0.6) is 5.75 Å². The monoisotopic (exact) mass is 284 g/mol. The summed E-state index contributed by atoms with van der Waals surface area (Å²) < 4.78 is 5.61. The van der Waals surface area contributed by atoms with E-state index in [0.29, 0.717) is 18.1 Å². The number of nitrogens with one attached hydrogen (secondary N) is 1. The van der Waals surface area contributed by atoms with Crippen LogP contribution in [0.4, 0.5) is 11.5 Å². The van der Waals surface area contributed by atoms with E-state index < -0.39 is 6.10 Å². The van der Waals surface area contributed by atoms with E-state index >= 15 is 0 Å².